The van der Waals surface area contributed by atoms with Crippen molar-refractivity contribution in [3.63, 3.8) is 0 Å². The first-order chi connectivity index (χ1) is 8.70. The first-order valence-electron chi connectivity index (χ1n) is 6.51. The Kier molecular flexibility index (Phi) is 4.67. The van der Waals surface area contributed by atoms with Crippen LogP contribution < -0.4 is 0 Å². The van der Waals surface area contributed by atoms with E-state index in [9.17, 15) is 0 Å². The molecule has 0 spiro atoms. The van der Waals surface area contributed by atoms with Gasteiger partial charge in [-0.2, -0.15) is 0 Å². The molecular formula is C16H21NS. The third-order valence-corrected chi connectivity index (χ3v) is 3.96. The standard InChI is InChI=1S/C16H21NS/c1-3-6-15-12-17(10-9-16(15)18)11-14-8-5-4-7-13(14)2/h3-8,18H,9-12H2,1-2H3/b6-3-. The molecule has 0 aliphatic carbocycles. The van der Waals surface area contributed by atoms with Gasteiger partial charge >= 0.3 is 0 Å². The van der Waals surface area contributed by atoms with Gasteiger partial charge in [0.25, 0.3) is 0 Å². The summed E-state index contributed by atoms with van der Waals surface area (Å²) in [5.41, 5.74) is 4.17. The lowest BCUT2D eigenvalue weighted by Crippen LogP contribution is -2.30. The van der Waals surface area contributed by atoms with Gasteiger partial charge in [-0.1, -0.05) is 36.4 Å². The summed E-state index contributed by atoms with van der Waals surface area (Å²) in [7, 11) is 0. The largest absolute Gasteiger partial charge is 0.294 e. The van der Waals surface area contributed by atoms with Crippen LogP contribution in [0.2, 0.25) is 0 Å². The minimum atomic E-state index is 1.01. The number of thiol groups is 1. The molecule has 0 bridgehead atoms. The third-order valence-electron chi connectivity index (χ3n) is 3.45. The number of hydrogen-bond donors (Lipinski definition) is 1. The molecule has 0 N–H and O–H groups in total. The van der Waals surface area contributed by atoms with Crippen LogP contribution in [0.25, 0.3) is 0 Å². The van der Waals surface area contributed by atoms with Gasteiger partial charge in [0, 0.05) is 19.6 Å². The van der Waals surface area contributed by atoms with E-state index in [2.05, 4.69) is 67.8 Å². The van der Waals surface area contributed by atoms with E-state index in [1.54, 1.807) is 0 Å². The molecule has 0 radical (unpaired) electrons. The second kappa shape index (κ2) is 6.26. The van der Waals surface area contributed by atoms with Crippen molar-refractivity contribution in [1.29, 1.82) is 0 Å². The number of nitrogens with zero attached hydrogens (tertiary/aromatic N) is 1. The quantitative estimate of drug-likeness (QED) is 0.804. The van der Waals surface area contributed by atoms with E-state index in [0.29, 0.717) is 0 Å². The van der Waals surface area contributed by atoms with Crippen molar-refractivity contribution in [2.24, 2.45) is 0 Å². The van der Waals surface area contributed by atoms with Gasteiger partial charge in [-0.05, 0) is 41.9 Å². The highest BCUT2D eigenvalue weighted by Gasteiger charge is 2.15. The van der Waals surface area contributed by atoms with Gasteiger partial charge in [-0.25, -0.2) is 0 Å². The predicted molar refractivity (Wildman–Crippen MR) is 81.9 cm³/mol. The van der Waals surface area contributed by atoms with Gasteiger partial charge < -0.3 is 0 Å². The number of aryl methyl sites for hydroxylation is 1. The molecule has 96 valence electrons. The molecule has 0 atom stereocenters. The summed E-state index contributed by atoms with van der Waals surface area (Å²) in [6, 6.07) is 8.64. The second-order valence-corrected chi connectivity index (χ2v) is 5.40. The Morgan fingerprint density at radius 1 is 1.33 bits per heavy atom. The fraction of sp³-hybridized carbons (Fsp3) is 0.375. The molecule has 1 aromatic carbocycles. The Balaban J connectivity index is 2.07. The SMILES string of the molecule is C/C=C\C1=C(S)CCN(Cc2ccccc2C)C1. The Hall–Kier alpha value is -0.990. The van der Waals surface area contributed by atoms with E-state index in [-0.39, 0.29) is 0 Å². The van der Waals surface area contributed by atoms with Crippen LogP contribution in [-0.4, -0.2) is 18.0 Å². The van der Waals surface area contributed by atoms with E-state index in [0.717, 1.165) is 26.1 Å². The lowest BCUT2D eigenvalue weighted by atomic mass is 10.1. The minimum absolute atomic E-state index is 1.01. The predicted octanol–water partition coefficient (Wildman–Crippen LogP) is 3.96. The zero-order valence-electron chi connectivity index (χ0n) is 11.2. The van der Waals surface area contributed by atoms with Crippen LogP contribution >= 0.6 is 12.6 Å². The summed E-state index contributed by atoms with van der Waals surface area (Å²) in [4.78, 5) is 3.74. The maximum absolute atomic E-state index is 4.58. The molecule has 18 heavy (non-hydrogen) atoms. The van der Waals surface area contributed by atoms with Crippen molar-refractivity contribution in [2.75, 3.05) is 13.1 Å². The van der Waals surface area contributed by atoms with Crippen LogP contribution in [0.3, 0.4) is 0 Å². The summed E-state index contributed by atoms with van der Waals surface area (Å²) in [6.45, 7) is 7.40. The molecule has 2 rings (SSSR count). The second-order valence-electron chi connectivity index (χ2n) is 4.86. The molecule has 1 nitrogen and oxygen atoms in total. The van der Waals surface area contributed by atoms with Gasteiger partial charge in [0.05, 0.1) is 0 Å². The Morgan fingerprint density at radius 2 is 2.11 bits per heavy atom. The fourth-order valence-electron chi connectivity index (χ4n) is 2.35. The van der Waals surface area contributed by atoms with E-state index in [4.69, 9.17) is 0 Å². The van der Waals surface area contributed by atoms with Gasteiger partial charge in [-0.15, -0.1) is 12.6 Å². The van der Waals surface area contributed by atoms with Gasteiger partial charge in [0.1, 0.15) is 0 Å². The Morgan fingerprint density at radius 3 is 2.83 bits per heavy atom. The lowest BCUT2D eigenvalue weighted by Gasteiger charge is -2.28. The van der Waals surface area contributed by atoms with Crippen molar-refractivity contribution in [2.45, 2.75) is 26.8 Å². The van der Waals surface area contributed by atoms with Gasteiger partial charge in [0.15, 0.2) is 0 Å². The number of allylic oxidation sites excluding steroid dienone is 1. The lowest BCUT2D eigenvalue weighted by molar-refractivity contribution is 0.283. The summed E-state index contributed by atoms with van der Waals surface area (Å²) in [6.07, 6.45) is 5.35. The highest BCUT2D eigenvalue weighted by atomic mass is 32.1. The van der Waals surface area contributed by atoms with Crippen LogP contribution in [0, 0.1) is 6.92 Å². The molecule has 0 saturated heterocycles. The molecule has 1 aliphatic heterocycles. The summed E-state index contributed by atoms with van der Waals surface area (Å²) < 4.78 is 0. The fourth-order valence-corrected chi connectivity index (χ4v) is 2.59. The van der Waals surface area contributed by atoms with Crippen LogP contribution in [0.5, 0.6) is 0 Å². The smallest absolute Gasteiger partial charge is 0.0245 e. The average Bonchev–Trinajstić information content (AvgIpc) is 2.36. The number of rotatable bonds is 3. The molecule has 0 unspecified atom stereocenters. The maximum Gasteiger partial charge on any atom is 0.0245 e. The van der Waals surface area contributed by atoms with E-state index >= 15 is 0 Å². The molecule has 1 aromatic rings. The zero-order valence-corrected chi connectivity index (χ0v) is 12.1. The van der Waals surface area contributed by atoms with Crippen LogP contribution in [0.4, 0.5) is 0 Å². The van der Waals surface area contributed by atoms with Crippen molar-refractivity contribution in [3.05, 3.63) is 58.0 Å². The van der Waals surface area contributed by atoms with E-state index in [1.165, 1.54) is 21.6 Å². The van der Waals surface area contributed by atoms with Crippen molar-refractivity contribution in [1.82, 2.24) is 4.90 Å². The topological polar surface area (TPSA) is 3.24 Å². The number of benzene rings is 1. The molecule has 2 heteroatoms. The van der Waals surface area contributed by atoms with Crippen LogP contribution in [-0.2, 0) is 6.54 Å². The molecule has 0 amide bonds. The van der Waals surface area contributed by atoms with Crippen molar-refractivity contribution >= 4 is 12.6 Å². The first kappa shape index (κ1) is 13.4. The monoisotopic (exact) mass is 259 g/mol. The molecule has 0 fully saturated rings. The maximum atomic E-state index is 4.58. The summed E-state index contributed by atoms with van der Waals surface area (Å²) >= 11 is 4.58. The highest BCUT2D eigenvalue weighted by Crippen LogP contribution is 2.23. The van der Waals surface area contributed by atoms with Crippen LogP contribution in [0.1, 0.15) is 24.5 Å². The first-order valence-corrected chi connectivity index (χ1v) is 6.96. The molecule has 1 aliphatic rings. The van der Waals surface area contributed by atoms with Crippen molar-refractivity contribution in [3.8, 4) is 0 Å². The highest BCUT2D eigenvalue weighted by molar-refractivity contribution is 7.84. The Bertz CT molecular complexity index is 474. The van der Waals surface area contributed by atoms with E-state index < -0.39 is 0 Å². The zero-order chi connectivity index (χ0) is 13.0. The summed E-state index contributed by atoms with van der Waals surface area (Å²) in [5.74, 6) is 0. The Labute approximate surface area is 116 Å². The number of hydrogen-bond acceptors (Lipinski definition) is 2. The van der Waals surface area contributed by atoms with Gasteiger partial charge in [0.2, 0.25) is 0 Å². The molecule has 0 saturated carbocycles. The van der Waals surface area contributed by atoms with E-state index in [1.807, 2.05) is 0 Å². The average molecular weight is 259 g/mol. The van der Waals surface area contributed by atoms with Crippen LogP contribution in [0.15, 0.2) is 46.9 Å². The molecular weight excluding hydrogens is 238 g/mol. The van der Waals surface area contributed by atoms with Crippen molar-refractivity contribution < 1.29 is 0 Å². The molecule has 0 aromatic heterocycles. The van der Waals surface area contributed by atoms with Gasteiger partial charge in [-0.3, -0.25) is 4.90 Å². The third kappa shape index (κ3) is 3.27. The molecule has 1 heterocycles. The summed E-state index contributed by atoms with van der Waals surface area (Å²) in [5, 5.41) is 0. The minimum Gasteiger partial charge on any atom is -0.294 e. The normalized spacial score (nSPS) is 17.7.